The van der Waals surface area contributed by atoms with Crippen molar-refractivity contribution in [3.05, 3.63) is 29.8 Å². The summed E-state index contributed by atoms with van der Waals surface area (Å²) in [7, 11) is -2.17. The molecular weight excluding hydrogens is 312 g/mol. The van der Waals surface area contributed by atoms with Gasteiger partial charge in [-0.05, 0) is 44.0 Å². The standard InChI is InChI=1S/C17H26N2O3S/c1-18-23(21,22)16-11-5-10-15(13-16)17(20)19-12-6-9-14-7-3-2-4-8-14/h5,10-11,13-14,18H,2-4,6-9,12H2,1H3,(H,19,20). The number of sulfonamides is 1. The average molecular weight is 338 g/mol. The predicted molar refractivity (Wildman–Crippen MR) is 90.8 cm³/mol. The van der Waals surface area contributed by atoms with Gasteiger partial charge < -0.3 is 5.32 Å². The maximum absolute atomic E-state index is 12.1. The Hall–Kier alpha value is -1.40. The van der Waals surface area contributed by atoms with Gasteiger partial charge in [0.05, 0.1) is 4.90 Å². The molecule has 0 saturated heterocycles. The maximum Gasteiger partial charge on any atom is 0.251 e. The van der Waals surface area contributed by atoms with Crippen LogP contribution in [0.3, 0.4) is 0 Å². The van der Waals surface area contributed by atoms with Crippen LogP contribution in [0.15, 0.2) is 29.2 Å². The number of hydrogen-bond acceptors (Lipinski definition) is 3. The van der Waals surface area contributed by atoms with Gasteiger partial charge in [-0.3, -0.25) is 4.79 Å². The van der Waals surface area contributed by atoms with Crippen LogP contribution in [0.1, 0.15) is 55.3 Å². The molecule has 1 saturated carbocycles. The van der Waals surface area contributed by atoms with Crippen LogP contribution in [0.2, 0.25) is 0 Å². The van der Waals surface area contributed by atoms with Gasteiger partial charge in [0, 0.05) is 12.1 Å². The highest BCUT2D eigenvalue weighted by molar-refractivity contribution is 7.89. The van der Waals surface area contributed by atoms with Crippen molar-refractivity contribution in [3.8, 4) is 0 Å². The van der Waals surface area contributed by atoms with E-state index in [1.54, 1.807) is 12.1 Å². The minimum absolute atomic E-state index is 0.106. The third-order valence-electron chi connectivity index (χ3n) is 4.47. The van der Waals surface area contributed by atoms with Gasteiger partial charge in [0.2, 0.25) is 10.0 Å². The largest absolute Gasteiger partial charge is 0.352 e. The van der Waals surface area contributed by atoms with Gasteiger partial charge >= 0.3 is 0 Å². The molecule has 1 aromatic carbocycles. The molecular formula is C17H26N2O3S. The van der Waals surface area contributed by atoms with Crippen LogP contribution in [0.5, 0.6) is 0 Å². The minimum atomic E-state index is -3.52. The van der Waals surface area contributed by atoms with Crippen LogP contribution < -0.4 is 10.0 Å². The highest BCUT2D eigenvalue weighted by Gasteiger charge is 2.15. The first-order chi connectivity index (χ1) is 11.0. The number of rotatable bonds is 7. The Kier molecular flexibility index (Phi) is 6.59. The Labute approximate surface area is 138 Å². The van der Waals surface area contributed by atoms with E-state index in [0.29, 0.717) is 12.1 Å². The van der Waals surface area contributed by atoms with E-state index in [1.807, 2.05) is 0 Å². The number of carbonyl (C=O) groups excluding carboxylic acids is 1. The molecule has 23 heavy (non-hydrogen) atoms. The van der Waals surface area contributed by atoms with Crippen LogP contribution in [0, 0.1) is 5.92 Å². The topological polar surface area (TPSA) is 75.3 Å². The molecule has 0 radical (unpaired) electrons. The van der Waals surface area contributed by atoms with Gasteiger partial charge in [-0.2, -0.15) is 0 Å². The van der Waals surface area contributed by atoms with E-state index in [9.17, 15) is 13.2 Å². The highest BCUT2D eigenvalue weighted by atomic mass is 32.2. The molecule has 0 atom stereocenters. The van der Waals surface area contributed by atoms with Crippen molar-refractivity contribution in [2.45, 2.75) is 49.8 Å². The zero-order valence-electron chi connectivity index (χ0n) is 13.7. The summed E-state index contributed by atoms with van der Waals surface area (Å²) in [5.74, 6) is 0.589. The van der Waals surface area contributed by atoms with Crippen molar-refractivity contribution in [1.82, 2.24) is 10.0 Å². The lowest BCUT2D eigenvalue weighted by Gasteiger charge is -2.21. The Morgan fingerprint density at radius 1 is 1.22 bits per heavy atom. The molecule has 5 nitrogen and oxygen atoms in total. The molecule has 0 bridgehead atoms. The number of benzene rings is 1. The first-order valence-electron chi connectivity index (χ1n) is 8.35. The zero-order chi connectivity index (χ0) is 16.7. The number of amides is 1. The van der Waals surface area contributed by atoms with Crippen molar-refractivity contribution in [1.29, 1.82) is 0 Å². The molecule has 0 spiro atoms. The molecule has 2 N–H and O–H groups in total. The maximum atomic E-state index is 12.1. The van der Waals surface area contributed by atoms with E-state index < -0.39 is 10.0 Å². The molecule has 128 valence electrons. The van der Waals surface area contributed by atoms with E-state index >= 15 is 0 Å². The molecule has 0 heterocycles. The van der Waals surface area contributed by atoms with E-state index in [1.165, 1.54) is 51.3 Å². The van der Waals surface area contributed by atoms with Crippen LogP contribution in [-0.4, -0.2) is 27.9 Å². The summed E-state index contributed by atoms with van der Waals surface area (Å²) in [6, 6.07) is 6.10. The lowest BCUT2D eigenvalue weighted by Crippen LogP contribution is -2.25. The van der Waals surface area contributed by atoms with Gasteiger partial charge in [0.1, 0.15) is 0 Å². The molecule has 1 aliphatic rings. The van der Waals surface area contributed by atoms with Gasteiger partial charge in [0.15, 0.2) is 0 Å². The monoisotopic (exact) mass is 338 g/mol. The average Bonchev–Trinajstić information content (AvgIpc) is 2.59. The second-order valence-electron chi connectivity index (χ2n) is 6.14. The predicted octanol–water partition coefficient (Wildman–Crippen LogP) is 2.69. The smallest absolute Gasteiger partial charge is 0.251 e. The summed E-state index contributed by atoms with van der Waals surface area (Å²) in [6.07, 6.45) is 8.81. The Morgan fingerprint density at radius 3 is 2.65 bits per heavy atom. The van der Waals surface area contributed by atoms with Gasteiger partial charge in [-0.15, -0.1) is 0 Å². The van der Waals surface area contributed by atoms with Crippen molar-refractivity contribution in [2.75, 3.05) is 13.6 Å². The first-order valence-corrected chi connectivity index (χ1v) is 9.83. The molecule has 1 aromatic rings. The second-order valence-corrected chi connectivity index (χ2v) is 8.02. The molecule has 0 aromatic heterocycles. The molecule has 1 aliphatic carbocycles. The van der Waals surface area contributed by atoms with Gasteiger partial charge in [-0.1, -0.05) is 38.2 Å². The molecule has 1 amide bonds. The fraction of sp³-hybridized carbons (Fsp3) is 0.588. The van der Waals surface area contributed by atoms with E-state index in [-0.39, 0.29) is 10.8 Å². The number of nitrogens with one attached hydrogen (secondary N) is 2. The summed E-state index contributed by atoms with van der Waals surface area (Å²) >= 11 is 0. The van der Waals surface area contributed by atoms with Gasteiger partial charge in [-0.25, -0.2) is 13.1 Å². The zero-order valence-corrected chi connectivity index (χ0v) is 14.5. The van der Waals surface area contributed by atoms with Crippen LogP contribution in [-0.2, 0) is 10.0 Å². The second kappa shape index (κ2) is 8.45. The number of hydrogen-bond donors (Lipinski definition) is 2. The number of carbonyl (C=O) groups is 1. The third-order valence-corrected chi connectivity index (χ3v) is 5.89. The highest BCUT2D eigenvalue weighted by Crippen LogP contribution is 2.26. The summed E-state index contributed by atoms with van der Waals surface area (Å²) < 4.78 is 25.8. The molecule has 2 rings (SSSR count). The van der Waals surface area contributed by atoms with Crippen molar-refractivity contribution in [3.63, 3.8) is 0 Å². The van der Waals surface area contributed by atoms with Crippen LogP contribution >= 0.6 is 0 Å². The summed E-state index contributed by atoms with van der Waals surface area (Å²) in [6.45, 7) is 0.637. The lowest BCUT2D eigenvalue weighted by atomic mass is 9.86. The van der Waals surface area contributed by atoms with E-state index in [0.717, 1.165) is 18.8 Å². The molecule has 6 heteroatoms. The summed E-state index contributed by atoms with van der Waals surface area (Å²) in [4.78, 5) is 12.2. The Morgan fingerprint density at radius 2 is 1.96 bits per heavy atom. The van der Waals surface area contributed by atoms with Crippen molar-refractivity contribution in [2.24, 2.45) is 5.92 Å². The minimum Gasteiger partial charge on any atom is -0.352 e. The quantitative estimate of drug-likeness (QED) is 0.751. The fourth-order valence-electron chi connectivity index (χ4n) is 3.09. The fourth-order valence-corrected chi connectivity index (χ4v) is 3.87. The van der Waals surface area contributed by atoms with Crippen molar-refractivity contribution >= 4 is 15.9 Å². The van der Waals surface area contributed by atoms with E-state index in [2.05, 4.69) is 10.0 Å². The third kappa shape index (κ3) is 5.32. The van der Waals surface area contributed by atoms with E-state index in [4.69, 9.17) is 0 Å². The Bertz CT molecular complexity index is 622. The molecule has 0 unspecified atom stereocenters. The summed E-state index contributed by atoms with van der Waals surface area (Å²) in [5, 5.41) is 2.88. The Balaban J connectivity index is 1.82. The van der Waals surface area contributed by atoms with Crippen LogP contribution in [0.25, 0.3) is 0 Å². The lowest BCUT2D eigenvalue weighted by molar-refractivity contribution is 0.0952. The van der Waals surface area contributed by atoms with Crippen molar-refractivity contribution < 1.29 is 13.2 Å². The SMILES string of the molecule is CNS(=O)(=O)c1cccc(C(=O)NCCCC2CCCCC2)c1. The normalized spacial score (nSPS) is 16.2. The first kappa shape index (κ1) is 17.9. The molecule has 1 fully saturated rings. The molecule has 0 aliphatic heterocycles. The summed E-state index contributed by atoms with van der Waals surface area (Å²) in [5.41, 5.74) is 0.374. The van der Waals surface area contributed by atoms with Gasteiger partial charge in [0.25, 0.3) is 5.91 Å². The van der Waals surface area contributed by atoms with Crippen LogP contribution in [0.4, 0.5) is 0 Å².